The van der Waals surface area contributed by atoms with Crippen LogP contribution >= 0.6 is 24.0 Å². The molecule has 0 aliphatic carbocycles. The van der Waals surface area contributed by atoms with Crippen LogP contribution in [-0.2, 0) is 9.59 Å². The minimum atomic E-state index is -0.741. The Hall–Kier alpha value is -0.170. The molecule has 0 bridgehead atoms. The standard InChI is InChI=1S/C4H8O2.CH2O.HI.H3N/c1-3(2)4(5)6;1-2;;/h3H,1-2H3,(H,5,6);1H2;1H;1H3. The normalized spacial score (nSPS) is 5.90. The molecule has 0 atom stereocenters. The van der Waals surface area contributed by atoms with Gasteiger partial charge in [-0.25, -0.2) is 0 Å². The van der Waals surface area contributed by atoms with Crippen LogP contribution in [0.25, 0.3) is 0 Å². The van der Waals surface area contributed by atoms with Crippen LogP contribution in [0.1, 0.15) is 13.8 Å². The molecular formula is C5H14INO3. The van der Waals surface area contributed by atoms with Crippen LogP contribution in [0, 0.1) is 5.92 Å². The Labute approximate surface area is 77.6 Å². The van der Waals surface area contributed by atoms with Crippen molar-refractivity contribution in [2.45, 2.75) is 13.8 Å². The molecule has 4 nitrogen and oxygen atoms in total. The number of rotatable bonds is 1. The van der Waals surface area contributed by atoms with Gasteiger partial charge < -0.3 is 16.1 Å². The molecule has 0 saturated heterocycles. The van der Waals surface area contributed by atoms with E-state index in [0.717, 1.165) is 0 Å². The quantitative estimate of drug-likeness (QED) is 0.698. The first-order chi connectivity index (χ1) is 3.64. The number of aliphatic carboxylic acids is 1. The van der Waals surface area contributed by atoms with E-state index in [0.29, 0.717) is 0 Å². The van der Waals surface area contributed by atoms with Gasteiger partial charge in [0.2, 0.25) is 0 Å². The zero-order valence-corrected chi connectivity index (χ0v) is 8.49. The van der Waals surface area contributed by atoms with Crippen LogP contribution < -0.4 is 6.15 Å². The molecule has 64 valence electrons. The summed E-state index contributed by atoms with van der Waals surface area (Å²) in [5.74, 6) is -0.972. The maximum absolute atomic E-state index is 9.70. The maximum Gasteiger partial charge on any atom is 0.305 e. The predicted octanol–water partition coefficient (Wildman–Crippen LogP) is 1.32. The summed E-state index contributed by atoms with van der Waals surface area (Å²) in [6.45, 7) is 5.28. The molecule has 0 unspecified atom stereocenters. The van der Waals surface area contributed by atoms with Crippen molar-refractivity contribution in [2.75, 3.05) is 0 Å². The Morgan fingerprint density at radius 3 is 1.50 bits per heavy atom. The van der Waals surface area contributed by atoms with Crippen molar-refractivity contribution in [3.63, 3.8) is 0 Å². The van der Waals surface area contributed by atoms with E-state index in [9.17, 15) is 4.79 Å². The Morgan fingerprint density at radius 2 is 1.50 bits per heavy atom. The second-order valence-corrected chi connectivity index (χ2v) is 1.49. The predicted molar refractivity (Wildman–Crippen MR) is 50.0 cm³/mol. The lowest BCUT2D eigenvalue weighted by Gasteiger charge is -1.89. The number of carbonyl (C=O) groups excluding carboxylic acids is 1. The molecule has 0 fully saturated rings. The van der Waals surface area contributed by atoms with E-state index in [1.807, 2.05) is 6.79 Å². The van der Waals surface area contributed by atoms with Gasteiger partial charge in [-0.3, -0.25) is 4.79 Å². The first kappa shape index (κ1) is 22.5. The molecular weight excluding hydrogens is 249 g/mol. The summed E-state index contributed by atoms with van der Waals surface area (Å²) in [4.78, 5) is 17.7. The summed E-state index contributed by atoms with van der Waals surface area (Å²) in [5.41, 5.74) is 0. The molecule has 0 saturated carbocycles. The number of halogens is 1. The summed E-state index contributed by atoms with van der Waals surface area (Å²) in [7, 11) is 0. The van der Waals surface area contributed by atoms with Crippen LogP contribution in [0.5, 0.6) is 0 Å². The molecule has 0 aromatic heterocycles. The van der Waals surface area contributed by atoms with Crippen molar-refractivity contribution < 1.29 is 14.7 Å². The van der Waals surface area contributed by atoms with Crippen molar-refractivity contribution in [3.05, 3.63) is 0 Å². The van der Waals surface area contributed by atoms with Gasteiger partial charge in [-0.1, -0.05) is 13.8 Å². The van der Waals surface area contributed by atoms with Crippen LogP contribution in [0.15, 0.2) is 0 Å². The van der Waals surface area contributed by atoms with Crippen LogP contribution in [0.4, 0.5) is 0 Å². The third kappa shape index (κ3) is 24.9. The summed E-state index contributed by atoms with van der Waals surface area (Å²) in [5, 5.41) is 7.99. The van der Waals surface area contributed by atoms with Crippen molar-refractivity contribution >= 4 is 36.7 Å². The average Bonchev–Trinajstić information content (AvgIpc) is 1.72. The van der Waals surface area contributed by atoms with E-state index in [4.69, 9.17) is 9.90 Å². The smallest absolute Gasteiger partial charge is 0.305 e. The highest BCUT2D eigenvalue weighted by Crippen LogP contribution is 1.87. The van der Waals surface area contributed by atoms with E-state index in [1.165, 1.54) is 0 Å². The van der Waals surface area contributed by atoms with Gasteiger partial charge in [0.1, 0.15) is 6.79 Å². The minimum Gasteiger partial charge on any atom is -0.481 e. The topological polar surface area (TPSA) is 89.4 Å². The SMILES string of the molecule is C=O.CC(C)C(=O)O.I.N. The van der Waals surface area contributed by atoms with E-state index < -0.39 is 5.97 Å². The highest BCUT2D eigenvalue weighted by Gasteiger charge is 1.99. The molecule has 10 heavy (non-hydrogen) atoms. The van der Waals surface area contributed by atoms with Crippen LogP contribution in [-0.4, -0.2) is 17.9 Å². The monoisotopic (exact) mass is 263 g/mol. The molecule has 0 heterocycles. The molecule has 0 rings (SSSR count). The van der Waals surface area contributed by atoms with Crippen molar-refractivity contribution in [3.8, 4) is 0 Å². The van der Waals surface area contributed by atoms with E-state index in [1.54, 1.807) is 13.8 Å². The highest BCUT2D eigenvalue weighted by atomic mass is 127. The zero-order chi connectivity index (χ0) is 7.15. The Balaban J connectivity index is -0.0000000412. The summed E-state index contributed by atoms with van der Waals surface area (Å²) in [6.07, 6.45) is 0. The molecule has 5 heteroatoms. The molecule has 0 aromatic carbocycles. The molecule has 0 amide bonds. The zero-order valence-electron chi connectivity index (χ0n) is 6.16. The van der Waals surface area contributed by atoms with Gasteiger partial charge in [-0.15, -0.1) is 24.0 Å². The Bertz CT molecular complexity index is 77.3. The summed E-state index contributed by atoms with van der Waals surface area (Å²) >= 11 is 0. The molecule has 0 aliphatic heterocycles. The van der Waals surface area contributed by atoms with Crippen LogP contribution in [0.2, 0.25) is 0 Å². The molecule has 0 spiro atoms. The lowest BCUT2D eigenvalue weighted by atomic mass is 10.2. The molecule has 0 aromatic rings. The molecule has 4 N–H and O–H groups in total. The van der Waals surface area contributed by atoms with E-state index in [-0.39, 0.29) is 36.0 Å². The lowest BCUT2D eigenvalue weighted by molar-refractivity contribution is -0.140. The summed E-state index contributed by atoms with van der Waals surface area (Å²) < 4.78 is 0. The van der Waals surface area contributed by atoms with Crippen molar-refractivity contribution in [2.24, 2.45) is 5.92 Å². The Morgan fingerprint density at radius 1 is 1.40 bits per heavy atom. The van der Waals surface area contributed by atoms with Gasteiger partial charge in [-0.05, 0) is 0 Å². The van der Waals surface area contributed by atoms with Gasteiger partial charge in [0, 0.05) is 0 Å². The Kier molecular flexibility index (Phi) is 35.9. The van der Waals surface area contributed by atoms with Crippen molar-refractivity contribution in [1.82, 2.24) is 6.15 Å². The number of carbonyl (C=O) groups is 2. The number of carboxylic acid groups (broad SMARTS) is 1. The summed E-state index contributed by atoms with van der Waals surface area (Å²) in [6, 6.07) is 0. The second kappa shape index (κ2) is 15.9. The van der Waals surface area contributed by atoms with E-state index >= 15 is 0 Å². The van der Waals surface area contributed by atoms with Crippen molar-refractivity contribution in [1.29, 1.82) is 0 Å². The highest BCUT2D eigenvalue weighted by molar-refractivity contribution is 14.0. The van der Waals surface area contributed by atoms with Gasteiger partial charge in [-0.2, -0.15) is 0 Å². The second-order valence-electron chi connectivity index (χ2n) is 1.49. The maximum atomic E-state index is 9.70. The molecule has 0 radical (unpaired) electrons. The first-order valence-electron chi connectivity index (χ1n) is 2.16. The minimum absolute atomic E-state index is 0. The van der Waals surface area contributed by atoms with Gasteiger partial charge >= 0.3 is 5.97 Å². The van der Waals surface area contributed by atoms with Crippen LogP contribution in [0.3, 0.4) is 0 Å². The third-order valence-electron chi connectivity index (χ3n) is 0.494. The van der Waals surface area contributed by atoms with Gasteiger partial charge in [0.15, 0.2) is 0 Å². The average molecular weight is 263 g/mol. The van der Waals surface area contributed by atoms with Gasteiger partial charge in [0.25, 0.3) is 0 Å². The van der Waals surface area contributed by atoms with Gasteiger partial charge in [0.05, 0.1) is 5.92 Å². The lowest BCUT2D eigenvalue weighted by Crippen LogP contribution is -2.03. The first-order valence-corrected chi connectivity index (χ1v) is 2.16. The fraction of sp³-hybridized carbons (Fsp3) is 0.600. The fourth-order valence-electron chi connectivity index (χ4n) is 0. The fourth-order valence-corrected chi connectivity index (χ4v) is 0. The number of hydrogen-bond acceptors (Lipinski definition) is 3. The number of hydrogen-bond donors (Lipinski definition) is 2. The number of carboxylic acids is 1. The third-order valence-corrected chi connectivity index (χ3v) is 0.494. The van der Waals surface area contributed by atoms with E-state index in [2.05, 4.69) is 0 Å². The molecule has 0 aliphatic rings. The largest absolute Gasteiger partial charge is 0.481 e.